The molecule has 0 bridgehead atoms. The number of H-pyrrole nitrogens is 1. The van der Waals surface area contributed by atoms with Gasteiger partial charge in [0.2, 0.25) is 10.0 Å². The molecule has 0 saturated heterocycles. The van der Waals surface area contributed by atoms with Gasteiger partial charge in [0.15, 0.2) is 0 Å². The topological polar surface area (TPSA) is 83.1 Å². The van der Waals surface area contributed by atoms with Gasteiger partial charge in [-0.25, -0.2) is 8.42 Å². The van der Waals surface area contributed by atoms with E-state index in [-0.39, 0.29) is 18.6 Å². The van der Waals surface area contributed by atoms with E-state index in [2.05, 4.69) is 9.97 Å². The summed E-state index contributed by atoms with van der Waals surface area (Å²) in [5.74, 6) is 0. The Morgan fingerprint density at radius 3 is 2.64 bits per heavy atom. The van der Waals surface area contributed by atoms with Gasteiger partial charge in [-0.1, -0.05) is 17.7 Å². The highest BCUT2D eigenvalue weighted by atomic mass is 32.2. The number of nitrogens with one attached hydrogen (secondary N) is 1. The van der Waals surface area contributed by atoms with Crippen molar-refractivity contribution < 1.29 is 8.42 Å². The maximum Gasteiger partial charge on any atom is 0.252 e. The molecule has 0 aliphatic rings. The molecule has 1 aromatic carbocycles. The lowest BCUT2D eigenvalue weighted by molar-refractivity contribution is 0.403. The Balaban J connectivity index is 1.98. The third kappa shape index (κ3) is 4.12. The first-order chi connectivity index (χ1) is 11.8. The van der Waals surface area contributed by atoms with Crippen LogP contribution in [-0.4, -0.2) is 28.9 Å². The predicted molar refractivity (Wildman–Crippen MR) is 97.6 cm³/mol. The second kappa shape index (κ2) is 6.78. The first kappa shape index (κ1) is 17.3. The molecule has 0 atom stereocenters. The third-order valence-corrected chi connectivity index (χ3v) is 5.17. The van der Waals surface area contributed by atoms with Crippen molar-refractivity contribution in [3.05, 3.63) is 75.8 Å². The van der Waals surface area contributed by atoms with Gasteiger partial charge in [0.25, 0.3) is 5.56 Å². The zero-order valence-electron chi connectivity index (χ0n) is 14.1. The minimum atomic E-state index is -3.49. The molecule has 6 nitrogen and oxygen atoms in total. The lowest BCUT2D eigenvalue weighted by Gasteiger charge is -2.19. The molecule has 0 fully saturated rings. The number of rotatable bonds is 5. The molecule has 2 aromatic heterocycles. The van der Waals surface area contributed by atoms with Gasteiger partial charge in [-0.3, -0.25) is 9.78 Å². The van der Waals surface area contributed by atoms with Crippen LogP contribution in [0.1, 0.15) is 16.7 Å². The number of hydrogen-bond acceptors (Lipinski definition) is 4. The van der Waals surface area contributed by atoms with Crippen LogP contribution in [0.25, 0.3) is 10.9 Å². The molecule has 0 amide bonds. The van der Waals surface area contributed by atoms with Gasteiger partial charge in [0.1, 0.15) is 0 Å². The number of nitrogens with zero attached hydrogens (tertiary/aromatic N) is 2. The van der Waals surface area contributed by atoms with Crippen molar-refractivity contribution in [1.82, 2.24) is 14.3 Å². The molecule has 3 aromatic rings. The Kier molecular flexibility index (Phi) is 4.69. The Morgan fingerprint density at radius 1 is 1.16 bits per heavy atom. The summed E-state index contributed by atoms with van der Waals surface area (Å²) >= 11 is 0. The minimum absolute atomic E-state index is 0.00689. The van der Waals surface area contributed by atoms with Gasteiger partial charge in [-0.2, -0.15) is 4.31 Å². The summed E-state index contributed by atoms with van der Waals surface area (Å²) in [6.07, 6.45) is 4.39. The van der Waals surface area contributed by atoms with E-state index in [0.717, 1.165) is 28.3 Å². The highest BCUT2D eigenvalue weighted by Gasteiger charge is 2.19. The van der Waals surface area contributed by atoms with Gasteiger partial charge in [0.05, 0.1) is 6.26 Å². The minimum Gasteiger partial charge on any atom is -0.322 e. The Morgan fingerprint density at radius 2 is 1.96 bits per heavy atom. The van der Waals surface area contributed by atoms with Crippen LogP contribution in [0.2, 0.25) is 0 Å². The summed E-state index contributed by atoms with van der Waals surface area (Å²) in [6, 6.07) is 11.0. The second-order valence-electron chi connectivity index (χ2n) is 6.11. The van der Waals surface area contributed by atoms with Crippen molar-refractivity contribution in [2.45, 2.75) is 20.0 Å². The fraction of sp³-hybridized carbons (Fsp3) is 0.222. The lowest BCUT2D eigenvalue weighted by atomic mass is 10.1. The standard InChI is InChI=1S/C18H19N3O3S/c1-13-5-6-17-15(8-13)9-16(18(22)20-17)12-21(25(2,23)24)11-14-4-3-7-19-10-14/h3-10H,11-12H2,1-2H3,(H,20,22). The number of aromatic amines is 1. The summed E-state index contributed by atoms with van der Waals surface area (Å²) in [6.45, 7) is 2.14. The molecular formula is C18H19N3O3S. The van der Waals surface area contributed by atoms with E-state index in [1.165, 1.54) is 4.31 Å². The molecule has 2 heterocycles. The molecule has 0 aliphatic carbocycles. The van der Waals surface area contributed by atoms with Gasteiger partial charge in [0, 0.05) is 36.6 Å². The van der Waals surface area contributed by atoms with Crippen molar-refractivity contribution in [2.75, 3.05) is 6.26 Å². The van der Waals surface area contributed by atoms with Gasteiger partial charge in [-0.05, 0) is 42.1 Å². The summed E-state index contributed by atoms with van der Waals surface area (Å²) < 4.78 is 25.6. The predicted octanol–water partition coefficient (Wildman–Crippen LogP) is 2.19. The average molecular weight is 357 g/mol. The van der Waals surface area contributed by atoms with Crippen LogP contribution in [0.15, 0.2) is 53.6 Å². The fourth-order valence-electron chi connectivity index (χ4n) is 2.66. The van der Waals surface area contributed by atoms with Crippen molar-refractivity contribution in [3.63, 3.8) is 0 Å². The quantitative estimate of drug-likeness (QED) is 0.759. The first-order valence-corrected chi connectivity index (χ1v) is 9.64. The number of sulfonamides is 1. The summed E-state index contributed by atoms with van der Waals surface area (Å²) in [5, 5.41) is 0.879. The molecule has 7 heteroatoms. The van der Waals surface area contributed by atoms with E-state index in [9.17, 15) is 13.2 Å². The van der Waals surface area contributed by atoms with E-state index in [1.54, 1.807) is 30.6 Å². The lowest BCUT2D eigenvalue weighted by Crippen LogP contribution is -2.31. The zero-order chi connectivity index (χ0) is 18.0. The van der Waals surface area contributed by atoms with Gasteiger partial charge in [-0.15, -0.1) is 0 Å². The normalized spacial score (nSPS) is 12.0. The maximum absolute atomic E-state index is 12.3. The molecule has 3 rings (SSSR count). The number of fused-ring (bicyclic) bond motifs is 1. The van der Waals surface area contributed by atoms with Gasteiger partial charge < -0.3 is 4.98 Å². The smallest absolute Gasteiger partial charge is 0.252 e. The molecule has 0 unspecified atom stereocenters. The number of hydrogen-bond donors (Lipinski definition) is 1. The maximum atomic E-state index is 12.3. The van der Waals surface area contributed by atoms with Crippen LogP contribution in [0.5, 0.6) is 0 Å². The van der Waals surface area contributed by atoms with Crippen LogP contribution < -0.4 is 5.56 Å². The van der Waals surface area contributed by atoms with Crippen molar-refractivity contribution >= 4 is 20.9 Å². The number of aryl methyl sites for hydroxylation is 1. The molecular weight excluding hydrogens is 338 g/mol. The highest BCUT2D eigenvalue weighted by Crippen LogP contribution is 2.16. The van der Waals surface area contributed by atoms with Crippen LogP contribution in [0.3, 0.4) is 0 Å². The number of pyridine rings is 2. The van der Waals surface area contributed by atoms with Crippen LogP contribution in [-0.2, 0) is 23.1 Å². The molecule has 0 radical (unpaired) electrons. The van der Waals surface area contributed by atoms with E-state index in [1.807, 2.05) is 25.1 Å². The molecule has 0 aliphatic heterocycles. The van der Waals surface area contributed by atoms with Crippen LogP contribution in [0.4, 0.5) is 0 Å². The number of aromatic nitrogens is 2. The SMILES string of the molecule is Cc1ccc2[nH]c(=O)c(CN(Cc3cccnc3)S(C)(=O)=O)cc2c1. The van der Waals surface area contributed by atoms with Crippen LogP contribution in [0, 0.1) is 6.92 Å². The summed E-state index contributed by atoms with van der Waals surface area (Å²) in [4.78, 5) is 19.2. The van der Waals surface area contributed by atoms with E-state index in [4.69, 9.17) is 0 Å². The van der Waals surface area contributed by atoms with Crippen molar-refractivity contribution in [1.29, 1.82) is 0 Å². The second-order valence-corrected chi connectivity index (χ2v) is 8.09. The van der Waals surface area contributed by atoms with Crippen molar-refractivity contribution in [2.24, 2.45) is 0 Å². The Hall–Kier alpha value is -2.51. The average Bonchev–Trinajstić information content (AvgIpc) is 2.55. The Bertz CT molecular complexity index is 1060. The molecule has 0 saturated carbocycles. The summed E-state index contributed by atoms with van der Waals surface area (Å²) in [5.41, 5.74) is 2.70. The van der Waals surface area contributed by atoms with Crippen molar-refractivity contribution in [3.8, 4) is 0 Å². The largest absolute Gasteiger partial charge is 0.322 e. The van der Waals surface area contributed by atoms with Gasteiger partial charge >= 0.3 is 0 Å². The highest BCUT2D eigenvalue weighted by molar-refractivity contribution is 7.88. The zero-order valence-corrected chi connectivity index (χ0v) is 14.9. The van der Waals surface area contributed by atoms with E-state index in [0.29, 0.717) is 5.56 Å². The fourth-order valence-corrected chi connectivity index (χ4v) is 3.42. The third-order valence-electron chi connectivity index (χ3n) is 3.97. The molecule has 25 heavy (non-hydrogen) atoms. The first-order valence-electron chi connectivity index (χ1n) is 7.79. The molecule has 130 valence electrons. The summed E-state index contributed by atoms with van der Waals surface area (Å²) in [7, 11) is -3.49. The van der Waals surface area contributed by atoms with Crippen LogP contribution >= 0.6 is 0 Å². The monoisotopic (exact) mass is 357 g/mol. The Labute approximate surface area is 146 Å². The number of benzene rings is 1. The molecule has 0 spiro atoms. The van der Waals surface area contributed by atoms with E-state index < -0.39 is 10.0 Å². The molecule has 1 N–H and O–H groups in total. The van der Waals surface area contributed by atoms with E-state index >= 15 is 0 Å².